The third kappa shape index (κ3) is 3.71. The summed E-state index contributed by atoms with van der Waals surface area (Å²) in [6, 6.07) is 10.4. The number of benzene rings is 1. The number of ether oxygens (including phenoxy) is 1. The highest BCUT2D eigenvalue weighted by Crippen LogP contribution is 2.30. The summed E-state index contributed by atoms with van der Waals surface area (Å²) in [4.78, 5) is 2.40. The Morgan fingerprint density at radius 3 is 2.90 bits per heavy atom. The molecule has 0 radical (unpaired) electrons. The first-order chi connectivity index (χ1) is 9.74. The van der Waals surface area contributed by atoms with Gasteiger partial charge in [-0.1, -0.05) is 35.5 Å². The summed E-state index contributed by atoms with van der Waals surface area (Å²) in [6.45, 7) is 2.81. The summed E-state index contributed by atoms with van der Waals surface area (Å²) >= 11 is 0. The van der Waals surface area contributed by atoms with Crippen LogP contribution in [-0.2, 0) is 4.74 Å². The number of rotatable bonds is 6. The van der Waals surface area contributed by atoms with E-state index >= 15 is 0 Å². The van der Waals surface area contributed by atoms with Crippen molar-refractivity contribution >= 4 is 5.84 Å². The second-order valence-corrected chi connectivity index (χ2v) is 5.33. The molecule has 5 heteroatoms. The van der Waals surface area contributed by atoms with Crippen molar-refractivity contribution in [2.75, 3.05) is 26.8 Å². The minimum Gasteiger partial charge on any atom is -0.409 e. The number of nitrogens with two attached hydrogens (primary N) is 1. The van der Waals surface area contributed by atoms with Gasteiger partial charge in [-0.15, -0.1) is 0 Å². The number of hydrogen-bond donors (Lipinski definition) is 2. The summed E-state index contributed by atoms with van der Waals surface area (Å²) in [5.74, 6) is 0.840. The molecule has 1 aliphatic heterocycles. The Bertz CT molecular complexity index is 436. The molecule has 2 unspecified atom stereocenters. The van der Waals surface area contributed by atoms with Gasteiger partial charge < -0.3 is 15.7 Å². The fourth-order valence-electron chi connectivity index (χ4n) is 2.89. The van der Waals surface area contributed by atoms with E-state index in [-0.39, 0.29) is 11.9 Å². The van der Waals surface area contributed by atoms with Crippen molar-refractivity contribution in [2.45, 2.75) is 18.9 Å². The van der Waals surface area contributed by atoms with Crippen LogP contribution in [0.15, 0.2) is 35.5 Å². The van der Waals surface area contributed by atoms with Crippen LogP contribution in [0.3, 0.4) is 0 Å². The van der Waals surface area contributed by atoms with Crippen LogP contribution < -0.4 is 5.73 Å². The summed E-state index contributed by atoms with van der Waals surface area (Å²) < 4.78 is 5.25. The lowest BCUT2D eigenvalue weighted by Gasteiger charge is -2.28. The average molecular weight is 277 g/mol. The zero-order valence-corrected chi connectivity index (χ0v) is 11.9. The molecule has 1 aromatic rings. The van der Waals surface area contributed by atoms with Gasteiger partial charge in [0, 0.05) is 26.1 Å². The smallest absolute Gasteiger partial charge is 0.141 e. The van der Waals surface area contributed by atoms with Gasteiger partial charge in [0.15, 0.2) is 0 Å². The molecular formula is C15H23N3O2. The molecule has 0 spiro atoms. The van der Waals surface area contributed by atoms with Crippen LogP contribution in [0.25, 0.3) is 0 Å². The lowest BCUT2D eigenvalue weighted by atomic mass is 10.0. The second-order valence-electron chi connectivity index (χ2n) is 5.33. The molecule has 1 fully saturated rings. The van der Waals surface area contributed by atoms with Crippen LogP contribution in [0.1, 0.15) is 24.4 Å². The SMILES string of the molecule is COCC1CCN(C(CC(N)=NO)c2ccccc2)C1. The molecule has 0 amide bonds. The van der Waals surface area contributed by atoms with Crippen molar-refractivity contribution in [3.8, 4) is 0 Å². The molecule has 0 aliphatic carbocycles. The number of oxime groups is 1. The highest BCUT2D eigenvalue weighted by atomic mass is 16.5. The van der Waals surface area contributed by atoms with Crippen molar-refractivity contribution in [1.82, 2.24) is 4.90 Å². The summed E-state index contributed by atoms with van der Waals surface area (Å²) in [7, 11) is 1.74. The van der Waals surface area contributed by atoms with Gasteiger partial charge in [-0.3, -0.25) is 4.90 Å². The summed E-state index contributed by atoms with van der Waals surface area (Å²) in [5.41, 5.74) is 6.93. The first-order valence-electron chi connectivity index (χ1n) is 6.99. The van der Waals surface area contributed by atoms with Crippen molar-refractivity contribution in [1.29, 1.82) is 0 Å². The average Bonchev–Trinajstić information content (AvgIpc) is 2.94. The largest absolute Gasteiger partial charge is 0.409 e. The van der Waals surface area contributed by atoms with Crippen LogP contribution in [0.4, 0.5) is 0 Å². The van der Waals surface area contributed by atoms with Gasteiger partial charge in [-0.05, 0) is 24.4 Å². The molecule has 0 saturated carbocycles. The fourth-order valence-corrected chi connectivity index (χ4v) is 2.89. The van der Waals surface area contributed by atoms with Gasteiger partial charge in [0.25, 0.3) is 0 Å². The number of methoxy groups -OCH3 is 1. The van der Waals surface area contributed by atoms with Crippen LogP contribution in [-0.4, -0.2) is 42.7 Å². The predicted molar refractivity (Wildman–Crippen MR) is 78.8 cm³/mol. The third-order valence-electron chi connectivity index (χ3n) is 3.88. The van der Waals surface area contributed by atoms with E-state index in [0.717, 1.165) is 26.1 Å². The first-order valence-corrected chi connectivity index (χ1v) is 6.99. The maximum Gasteiger partial charge on any atom is 0.141 e. The lowest BCUT2D eigenvalue weighted by molar-refractivity contribution is 0.147. The number of likely N-dealkylation sites (tertiary alicyclic amines) is 1. The molecule has 5 nitrogen and oxygen atoms in total. The van der Waals surface area contributed by atoms with Gasteiger partial charge >= 0.3 is 0 Å². The lowest BCUT2D eigenvalue weighted by Crippen LogP contribution is -2.31. The van der Waals surface area contributed by atoms with Gasteiger partial charge in [0.2, 0.25) is 0 Å². The maximum absolute atomic E-state index is 8.83. The fraction of sp³-hybridized carbons (Fsp3) is 0.533. The molecule has 20 heavy (non-hydrogen) atoms. The van der Waals surface area contributed by atoms with Crippen LogP contribution in [0.5, 0.6) is 0 Å². The highest BCUT2D eigenvalue weighted by Gasteiger charge is 2.29. The van der Waals surface area contributed by atoms with Crippen molar-refractivity contribution < 1.29 is 9.94 Å². The number of hydrogen-bond acceptors (Lipinski definition) is 4. The molecule has 0 bridgehead atoms. The normalized spacial score (nSPS) is 22.1. The zero-order valence-electron chi connectivity index (χ0n) is 11.9. The second kappa shape index (κ2) is 7.26. The summed E-state index contributed by atoms with van der Waals surface area (Å²) in [6.07, 6.45) is 1.67. The Kier molecular flexibility index (Phi) is 5.38. The quantitative estimate of drug-likeness (QED) is 0.360. The Hall–Kier alpha value is -1.59. The van der Waals surface area contributed by atoms with Gasteiger partial charge in [0.05, 0.1) is 6.61 Å². The van der Waals surface area contributed by atoms with E-state index in [1.54, 1.807) is 7.11 Å². The molecule has 1 heterocycles. The Morgan fingerprint density at radius 1 is 1.50 bits per heavy atom. The third-order valence-corrected chi connectivity index (χ3v) is 3.88. The standard InChI is InChI=1S/C15H23N3O2/c1-20-11-12-7-8-18(10-12)14(9-15(16)17-19)13-5-3-2-4-6-13/h2-6,12,14,19H,7-11H2,1H3,(H2,16,17). The molecule has 110 valence electrons. The monoisotopic (exact) mass is 277 g/mol. The molecule has 1 aliphatic rings. The predicted octanol–water partition coefficient (Wildman–Crippen LogP) is 1.83. The minimum absolute atomic E-state index is 0.161. The Labute approximate surface area is 120 Å². The van der Waals surface area contributed by atoms with Crippen molar-refractivity contribution in [3.05, 3.63) is 35.9 Å². The molecule has 3 N–H and O–H groups in total. The van der Waals surface area contributed by atoms with E-state index in [4.69, 9.17) is 15.7 Å². The molecule has 1 aromatic carbocycles. The topological polar surface area (TPSA) is 71.1 Å². The Balaban J connectivity index is 2.11. The van der Waals surface area contributed by atoms with E-state index in [1.165, 1.54) is 5.56 Å². The minimum atomic E-state index is 0.161. The van der Waals surface area contributed by atoms with Crippen LogP contribution in [0.2, 0.25) is 0 Å². The Morgan fingerprint density at radius 2 is 2.25 bits per heavy atom. The van der Waals surface area contributed by atoms with E-state index < -0.39 is 0 Å². The van der Waals surface area contributed by atoms with E-state index in [9.17, 15) is 0 Å². The first kappa shape index (κ1) is 14.8. The van der Waals surface area contributed by atoms with Crippen LogP contribution >= 0.6 is 0 Å². The van der Waals surface area contributed by atoms with Crippen molar-refractivity contribution in [3.63, 3.8) is 0 Å². The number of nitrogens with zero attached hydrogens (tertiary/aromatic N) is 2. The van der Waals surface area contributed by atoms with Gasteiger partial charge in [-0.25, -0.2) is 0 Å². The molecular weight excluding hydrogens is 254 g/mol. The van der Waals surface area contributed by atoms with Gasteiger partial charge in [-0.2, -0.15) is 0 Å². The highest BCUT2D eigenvalue weighted by molar-refractivity contribution is 5.80. The maximum atomic E-state index is 8.83. The van der Waals surface area contributed by atoms with E-state index in [0.29, 0.717) is 12.3 Å². The van der Waals surface area contributed by atoms with Crippen molar-refractivity contribution in [2.24, 2.45) is 16.8 Å². The molecule has 1 saturated heterocycles. The molecule has 0 aromatic heterocycles. The molecule has 2 atom stereocenters. The van der Waals surface area contributed by atoms with E-state index in [2.05, 4.69) is 22.2 Å². The summed E-state index contributed by atoms with van der Waals surface area (Å²) in [5, 5.41) is 12.0. The number of amidine groups is 1. The zero-order chi connectivity index (χ0) is 14.4. The molecule has 2 rings (SSSR count). The van der Waals surface area contributed by atoms with Gasteiger partial charge in [0.1, 0.15) is 5.84 Å². The van der Waals surface area contributed by atoms with E-state index in [1.807, 2.05) is 18.2 Å². The van der Waals surface area contributed by atoms with Crippen LogP contribution in [0, 0.1) is 5.92 Å².